The molecule has 1 saturated heterocycles. The number of hydrogen-bond acceptors (Lipinski definition) is 4. The van der Waals surface area contributed by atoms with Gasteiger partial charge in [-0.05, 0) is 52.9 Å². The molecule has 0 aromatic heterocycles. The van der Waals surface area contributed by atoms with Gasteiger partial charge in [0.15, 0.2) is 0 Å². The first-order chi connectivity index (χ1) is 12.0. The summed E-state index contributed by atoms with van der Waals surface area (Å²) in [5.41, 5.74) is 0.210. The van der Waals surface area contributed by atoms with Crippen LogP contribution in [0.3, 0.4) is 0 Å². The zero-order valence-electron chi connectivity index (χ0n) is 17.5. The summed E-state index contributed by atoms with van der Waals surface area (Å²) in [6.45, 7) is 11.9. The highest BCUT2D eigenvalue weighted by molar-refractivity contribution is 5.66. The van der Waals surface area contributed by atoms with Crippen molar-refractivity contribution >= 4 is 11.9 Å². The number of piperidine rings is 1. The van der Waals surface area contributed by atoms with Crippen LogP contribution in [-0.2, 0) is 14.3 Å². The first-order valence-corrected chi connectivity index (χ1v) is 10.2. The third-order valence-electron chi connectivity index (χ3n) is 5.66. The van der Waals surface area contributed by atoms with Crippen LogP contribution in [-0.4, -0.2) is 46.2 Å². The van der Waals surface area contributed by atoms with E-state index in [1.165, 1.54) is 39.0 Å². The van der Waals surface area contributed by atoms with E-state index in [1.54, 1.807) is 0 Å². The largest absolute Gasteiger partial charge is 0.481 e. The molecule has 0 spiro atoms. The maximum absolute atomic E-state index is 11.0. The van der Waals surface area contributed by atoms with Crippen molar-refractivity contribution < 1.29 is 19.4 Å². The third kappa shape index (κ3) is 8.07. The van der Waals surface area contributed by atoms with Crippen molar-refractivity contribution in [2.45, 2.75) is 103 Å². The van der Waals surface area contributed by atoms with Gasteiger partial charge in [-0.1, -0.05) is 32.1 Å². The van der Waals surface area contributed by atoms with Gasteiger partial charge in [-0.2, -0.15) is 0 Å². The summed E-state index contributed by atoms with van der Waals surface area (Å²) in [6.07, 6.45) is 9.31. The molecule has 0 bridgehead atoms. The van der Waals surface area contributed by atoms with Gasteiger partial charge < -0.3 is 9.84 Å². The minimum atomic E-state index is -0.685. The molecule has 0 aromatic rings. The third-order valence-corrected chi connectivity index (χ3v) is 5.66. The predicted octanol–water partition coefficient (Wildman–Crippen LogP) is 4.63. The molecule has 0 saturated carbocycles. The Morgan fingerprint density at radius 2 is 1.54 bits per heavy atom. The number of carboxylic acid groups (broad SMARTS) is 1. The lowest BCUT2D eigenvalue weighted by atomic mass is 9.72. The maximum atomic E-state index is 11.0. The monoisotopic (exact) mass is 369 g/mol. The number of carboxylic acids is 1. The Hall–Kier alpha value is -1.10. The van der Waals surface area contributed by atoms with Crippen LogP contribution in [0.5, 0.6) is 0 Å². The molecule has 1 rings (SSSR count). The number of hydrogen-bond donors (Lipinski definition) is 1. The summed E-state index contributed by atoms with van der Waals surface area (Å²) in [4.78, 5) is 24.1. The second kappa shape index (κ2) is 10.3. The van der Waals surface area contributed by atoms with E-state index in [4.69, 9.17) is 9.84 Å². The summed E-state index contributed by atoms with van der Waals surface area (Å²) in [7, 11) is 0. The van der Waals surface area contributed by atoms with E-state index in [1.807, 2.05) is 0 Å². The van der Waals surface area contributed by atoms with Gasteiger partial charge >= 0.3 is 11.9 Å². The molecule has 1 fully saturated rings. The topological polar surface area (TPSA) is 66.8 Å². The highest BCUT2D eigenvalue weighted by Gasteiger charge is 2.44. The number of unbranched alkanes of at least 4 members (excludes halogenated alkanes) is 4. The predicted molar refractivity (Wildman–Crippen MR) is 104 cm³/mol. The molecule has 1 N–H and O–H groups in total. The van der Waals surface area contributed by atoms with E-state index in [-0.39, 0.29) is 17.0 Å². The zero-order valence-corrected chi connectivity index (χ0v) is 17.5. The Labute approximate surface area is 159 Å². The number of likely N-dealkylation sites (tertiary alicyclic amines) is 1. The Kier molecular flexibility index (Phi) is 9.08. The van der Waals surface area contributed by atoms with Crippen molar-refractivity contribution in [3.05, 3.63) is 0 Å². The minimum absolute atomic E-state index is 0.105. The second-order valence-electron chi connectivity index (χ2n) is 9.09. The maximum Gasteiger partial charge on any atom is 0.303 e. The lowest BCUT2D eigenvalue weighted by Gasteiger charge is -2.55. The fraction of sp³-hybridized carbons (Fsp3) is 0.905. The highest BCUT2D eigenvalue weighted by Crippen LogP contribution is 2.42. The molecule has 0 radical (unpaired) electrons. The molecule has 0 amide bonds. The molecule has 0 atom stereocenters. The van der Waals surface area contributed by atoms with Crippen molar-refractivity contribution in [1.29, 1.82) is 0 Å². The molecular formula is C21H39NO4. The normalized spacial score (nSPS) is 20.0. The first kappa shape index (κ1) is 22.9. The van der Waals surface area contributed by atoms with E-state index in [0.29, 0.717) is 13.0 Å². The summed E-state index contributed by atoms with van der Waals surface area (Å²) in [5.74, 6) is -0.169. The quantitative estimate of drug-likeness (QED) is 0.425. The molecule has 0 unspecified atom stereocenters. The number of nitrogens with zero attached hydrogens (tertiary/aromatic N) is 1. The van der Waals surface area contributed by atoms with Crippen LogP contribution in [0.1, 0.15) is 92.4 Å². The smallest absolute Gasteiger partial charge is 0.303 e. The number of rotatable bonds is 11. The van der Waals surface area contributed by atoms with Gasteiger partial charge in [0.2, 0.25) is 0 Å². The lowest BCUT2D eigenvalue weighted by molar-refractivity contribution is -0.143. The number of carbonyl (C=O) groups is 2. The molecule has 1 aliphatic rings. The lowest BCUT2D eigenvalue weighted by Crippen LogP contribution is -2.61. The van der Waals surface area contributed by atoms with E-state index in [0.717, 1.165) is 31.7 Å². The van der Waals surface area contributed by atoms with Gasteiger partial charge in [-0.15, -0.1) is 0 Å². The first-order valence-electron chi connectivity index (χ1n) is 10.2. The van der Waals surface area contributed by atoms with Crippen molar-refractivity contribution in [3.63, 3.8) is 0 Å². The number of ether oxygens (including phenoxy) is 1. The second-order valence-corrected chi connectivity index (χ2v) is 9.09. The Bertz CT molecular complexity index is 441. The van der Waals surface area contributed by atoms with Crippen LogP contribution in [0, 0.1) is 5.92 Å². The standard InChI is InChI=1S/C21H39NO4/c1-17(23)26-14-13-22-20(2,3)15-18(16-21(22,4)5)11-9-7-6-8-10-12-19(24)25/h18H,6-16H2,1-5H3,(H,24,25). The Balaban J connectivity index is 2.38. The van der Waals surface area contributed by atoms with Crippen molar-refractivity contribution in [1.82, 2.24) is 4.90 Å². The summed E-state index contributed by atoms with van der Waals surface area (Å²) >= 11 is 0. The van der Waals surface area contributed by atoms with E-state index in [2.05, 4.69) is 32.6 Å². The van der Waals surface area contributed by atoms with Crippen molar-refractivity contribution in [3.8, 4) is 0 Å². The van der Waals surface area contributed by atoms with Gasteiger partial charge in [0.1, 0.15) is 6.61 Å². The molecule has 0 aliphatic carbocycles. The van der Waals surface area contributed by atoms with Crippen LogP contribution in [0.15, 0.2) is 0 Å². The van der Waals surface area contributed by atoms with Crippen molar-refractivity contribution in [2.24, 2.45) is 5.92 Å². The van der Waals surface area contributed by atoms with Gasteiger partial charge in [0, 0.05) is 31.0 Å². The average molecular weight is 370 g/mol. The average Bonchev–Trinajstić information content (AvgIpc) is 2.47. The van der Waals surface area contributed by atoms with Crippen LogP contribution in [0.25, 0.3) is 0 Å². The van der Waals surface area contributed by atoms with Crippen LogP contribution in [0.2, 0.25) is 0 Å². The van der Waals surface area contributed by atoms with Gasteiger partial charge in [-0.3, -0.25) is 14.5 Å². The summed E-state index contributed by atoms with van der Waals surface area (Å²) in [6, 6.07) is 0. The zero-order chi connectivity index (χ0) is 19.8. The van der Waals surface area contributed by atoms with E-state index in [9.17, 15) is 9.59 Å². The number of esters is 1. The van der Waals surface area contributed by atoms with Gasteiger partial charge in [0.05, 0.1) is 0 Å². The van der Waals surface area contributed by atoms with Crippen LogP contribution < -0.4 is 0 Å². The molecular weight excluding hydrogens is 330 g/mol. The fourth-order valence-corrected chi connectivity index (χ4v) is 4.85. The summed E-state index contributed by atoms with van der Waals surface area (Å²) in [5, 5.41) is 8.66. The Morgan fingerprint density at radius 3 is 2.08 bits per heavy atom. The molecule has 5 heteroatoms. The Morgan fingerprint density at radius 1 is 1.00 bits per heavy atom. The van der Waals surface area contributed by atoms with Crippen LogP contribution >= 0.6 is 0 Å². The number of aliphatic carboxylic acids is 1. The van der Waals surface area contributed by atoms with E-state index < -0.39 is 5.97 Å². The SMILES string of the molecule is CC(=O)OCCN1C(C)(C)CC(CCCCCCCC(=O)O)CC1(C)C. The molecule has 1 heterocycles. The summed E-state index contributed by atoms with van der Waals surface area (Å²) < 4.78 is 5.17. The van der Waals surface area contributed by atoms with Gasteiger partial charge in [-0.25, -0.2) is 0 Å². The molecule has 0 aromatic carbocycles. The molecule has 1 aliphatic heterocycles. The fourth-order valence-electron chi connectivity index (χ4n) is 4.85. The molecule has 152 valence electrons. The van der Waals surface area contributed by atoms with Gasteiger partial charge in [0.25, 0.3) is 0 Å². The molecule has 5 nitrogen and oxygen atoms in total. The van der Waals surface area contributed by atoms with Crippen molar-refractivity contribution in [2.75, 3.05) is 13.2 Å². The highest BCUT2D eigenvalue weighted by atomic mass is 16.5. The number of carbonyl (C=O) groups excluding carboxylic acids is 1. The van der Waals surface area contributed by atoms with Crippen LogP contribution in [0.4, 0.5) is 0 Å². The molecule has 26 heavy (non-hydrogen) atoms. The van der Waals surface area contributed by atoms with E-state index >= 15 is 0 Å². The minimum Gasteiger partial charge on any atom is -0.481 e.